The predicted molar refractivity (Wildman–Crippen MR) is 81.7 cm³/mol. The fraction of sp³-hybridized carbons (Fsp3) is 0.0714. The van der Waals surface area contributed by atoms with Crippen LogP contribution in [0.25, 0.3) is 0 Å². The highest BCUT2D eigenvalue weighted by Gasteiger charge is 2.09. The molecule has 0 spiro atoms. The van der Waals surface area contributed by atoms with E-state index in [-0.39, 0.29) is 28.6 Å². The molecule has 0 bridgehead atoms. The van der Waals surface area contributed by atoms with Crippen molar-refractivity contribution in [3.63, 3.8) is 0 Å². The molecule has 0 atom stereocenters. The second-order valence-corrected chi connectivity index (χ2v) is 6.23. The van der Waals surface area contributed by atoms with Crippen LogP contribution in [-0.2, 0) is 16.6 Å². The van der Waals surface area contributed by atoms with E-state index in [1.165, 1.54) is 30.5 Å². The minimum absolute atomic E-state index is 0.00110. The molecule has 1 heterocycles. The van der Waals surface area contributed by atoms with Gasteiger partial charge in [-0.2, -0.15) is 0 Å². The SMILES string of the molecule is NC(=O)c1ccc(C(=O)NCc2ccc(S(N)(=O)=O)cc2)cn1. The zero-order valence-electron chi connectivity index (χ0n) is 11.9. The standard InChI is InChI=1S/C14H14N4O4S/c15-13(19)12-6-3-10(8-17-12)14(20)18-7-9-1-4-11(5-2-9)23(16,21)22/h1-6,8H,7H2,(H2,15,19)(H,18,20)(H2,16,21,22). The van der Waals surface area contributed by atoms with Crippen molar-refractivity contribution in [3.05, 3.63) is 59.4 Å². The summed E-state index contributed by atoms with van der Waals surface area (Å²) < 4.78 is 22.3. The van der Waals surface area contributed by atoms with Gasteiger partial charge in [-0.15, -0.1) is 0 Å². The molecule has 0 saturated heterocycles. The normalized spacial score (nSPS) is 11.0. The first kappa shape index (κ1) is 16.6. The molecule has 9 heteroatoms. The Morgan fingerprint density at radius 2 is 1.74 bits per heavy atom. The van der Waals surface area contributed by atoms with Crippen LogP contribution < -0.4 is 16.2 Å². The highest BCUT2D eigenvalue weighted by molar-refractivity contribution is 7.89. The number of primary amides is 1. The van der Waals surface area contributed by atoms with Crippen molar-refractivity contribution in [1.82, 2.24) is 10.3 Å². The third kappa shape index (κ3) is 4.34. The highest BCUT2D eigenvalue weighted by atomic mass is 32.2. The zero-order valence-corrected chi connectivity index (χ0v) is 12.7. The average molecular weight is 334 g/mol. The van der Waals surface area contributed by atoms with Gasteiger partial charge in [-0.05, 0) is 29.8 Å². The number of nitrogens with zero attached hydrogens (tertiary/aromatic N) is 1. The van der Waals surface area contributed by atoms with Crippen LogP contribution in [0.3, 0.4) is 0 Å². The van der Waals surface area contributed by atoms with E-state index in [0.29, 0.717) is 5.56 Å². The molecule has 0 fully saturated rings. The lowest BCUT2D eigenvalue weighted by atomic mass is 10.2. The Bertz CT molecular complexity index is 830. The number of hydrogen-bond acceptors (Lipinski definition) is 5. The van der Waals surface area contributed by atoms with Crippen LogP contribution in [-0.4, -0.2) is 25.2 Å². The molecule has 2 aromatic rings. The summed E-state index contributed by atoms with van der Waals surface area (Å²) in [4.78, 5) is 26.6. The van der Waals surface area contributed by atoms with Gasteiger partial charge in [0.25, 0.3) is 11.8 Å². The number of aromatic nitrogens is 1. The molecule has 2 rings (SSSR count). The number of amides is 2. The maximum atomic E-state index is 11.9. The van der Waals surface area contributed by atoms with Gasteiger partial charge >= 0.3 is 0 Å². The second-order valence-electron chi connectivity index (χ2n) is 4.67. The fourth-order valence-corrected chi connectivity index (χ4v) is 2.27. The van der Waals surface area contributed by atoms with Crippen LogP contribution in [0.1, 0.15) is 26.4 Å². The summed E-state index contributed by atoms with van der Waals surface area (Å²) in [6.45, 7) is 0.196. The molecule has 23 heavy (non-hydrogen) atoms. The number of carbonyl (C=O) groups excluding carboxylic acids is 2. The van der Waals surface area contributed by atoms with Gasteiger partial charge in [0, 0.05) is 12.7 Å². The van der Waals surface area contributed by atoms with Gasteiger partial charge in [-0.3, -0.25) is 14.6 Å². The largest absolute Gasteiger partial charge is 0.364 e. The predicted octanol–water partition coefficient (Wildman–Crippen LogP) is -0.242. The smallest absolute Gasteiger partial charge is 0.267 e. The quantitative estimate of drug-likeness (QED) is 0.690. The first-order valence-corrected chi connectivity index (χ1v) is 7.98. The van der Waals surface area contributed by atoms with Crippen LogP contribution in [0.4, 0.5) is 0 Å². The molecule has 0 unspecified atom stereocenters. The molecular formula is C14H14N4O4S. The zero-order chi connectivity index (χ0) is 17.0. The number of hydrogen-bond donors (Lipinski definition) is 3. The number of sulfonamides is 1. The Balaban J connectivity index is 2.00. The number of benzene rings is 1. The Labute approximate surface area is 132 Å². The van der Waals surface area contributed by atoms with E-state index < -0.39 is 15.9 Å². The molecule has 0 saturated carbocycles. The van der Waals surface area contributed by atoms with Crippen molar-refractivity contribution in [3.8, 4) is 0 Å². The fourth-order valence-electron chi connectivity index (χ4n) is 1.76. The highest BCUT2D eigenvalue weighted by Crippen LogP contribution is 2.09. The van der Waals surface area contributed by atoms with Crippen molar-refractivity contribution in [2.75, 3.05) is 0 Å². The number of primary sulfonamides is 1. The van der Waals surface area contributed by atoms with Gasteiger partial charge < -0.3 is 11.1 Å². The van der Waals surface area contributed by atoms with Crippen LogP contribution in [0.15, 0.2) is 47.5 Å². The molecular weight excluding hydrogens is 320 g/mol. The van der Waals surface area contributed by atoms with Crippen LogP contribution in [0, 0.1) is 0 Å². The third-order valence-corrected chi connectivity index (χ3v) is 3.91. The molecule has 1 aromatic carbocycles. The van der Waals surface area contributed by atoms with Gasteiger partial charge in [0.1, 0.15) is 5.69 Å². The van der Waals surface area contributed by atoms with Gasteiger partial charge in [0.05, 0.1) is 10.5 Å². The van der Waals surface area contributed by atoms with Gasteiger partial charge in [0.2, 0.25) is 10.0 Å². The van der Waals surface area contributed by atoms with Gasteiger partial charge in [0.15, 0.2) is 0 Å². The molecule has 0 aliphatic rings. The lowest BCUT2D eigenvalue weighted by Gasteiger charge is -2.06. The van der Waals surface area contributed by atoms with E-state index in [2.05, 4.69) is 10.3 Å². The summed E-state index contributed by atoms with van der Waals surface area (Å²) in [7, 11) is -3.74. The summed E-state index contributed by atoms with van der Waals surface area (Å²) >= 11 is 0. The molecule has 0 aliphatic carbocycles. The molecule has 8 nitrogen and oxygen atoms in total. The third-order valence-electron chi connectivity index (χ3n) is 2.98. The van der Waals surface area contributed by atoms with Crippen molar-refractivity contribution in [1.29, 1.82) is 0 Å². The summed E-state index contributed by atoms with van der Waals surface area (Å²) in [5.41, 5.74) is 6.11. The van der Waals surface area contributed by atoms with Crippen LogP contribution in [0.5, 0.6) is 0 Å². The summed E-state index contributed by atoms with van der Waals surface area (Å²) in [6, 6.07) is 8.62. The minimum atomic E-state index is -3.74. The maximum Gasteiger partial charge on any atom is 0.267 e. The molecule has 120 valence electrons. The van der Waals surface area contributed by atoms with E-state index in [0.717, 1.165) is 0 Å². The van der Waals surface area contributed by atoms with Crippen molar-refractivity contribution >= 4 is 21.8 Å². The summed E-state index contributed by atoms with van der Waals surface area (Å²) in [5, 5.41) is 7.65. The molecule has 0 aliphatic heterocycles. The molecule has 2 amide bonds. The number of pyridine rings is 1. The number of nitrogens with two attached hydrogens (primary N) is 2. The Morgan fingerprint density at radius 1 is 1.09 bits per heavy atom. The van der Waals surface area contributed by atoms with Crippen molar-refractivity contribution in [2.45, 2.75) is 11.4 Å². The Hall–Kier alpha value is -2.78. The van der Waals surface area contributed by atoms with Crippen LogP contribution >= 0.6 is 0 Å². The maximum absolute atomic E-state index is 11.9. The number of nitrogens with one attached hydrogen (secondary N) is 1. The lowest BCUT2D eigenvalue weighted by molar-refractivity contribution is 0.0947. The van der Waals surface area contributed by atoms with Crippen molar-refractivity contribution in [2.24, 2.45) is 10.9 Å². The topological polar surface area (TPSA) is 145 Å². The van der Waals surface area contributed by atoms with Crippen LogP contribution in [0.2, 0.25) is 0 Å². The second kappa shape index (κ2) is 6.55. The van der Waals surface area contributed by atoms with E-state index in [1.54, 1.807) is 12.1 Å². The average Bonchev–Trinajstić information content (AvgIpc) is 2.52. The lowest BCUT2D eigenvalue weighted by Crippen LogP contribution is -2.23. The van der Waals surface area contributed by atoms with Gasteiger partial charge in [-0.25, -0.2) is 13.6 Å². The summed E-state index contributed by atoms with van der Waals surface area (Å²) in [5.74, 6) is -1.06. The van der Waals surface area contributed by atoms with Crippen molar-refractivity contribution < 1.29 is 18.0 Å². The molecule has 5 N–H and O–H groups in total. The Morgan fingerprint density at radius 3 is 2.22 bits per heavy atom. The monoisotopic (exact) mass is 334 g/mol. The minimum Gasteiger partial charge on any atom is -0.364 e. The first-order chi connectivity index (χ1) is 10.8. The first-order valence-electron chi connectivity index (χ1n) is 6.43. The van der Waals surface area contributed by atoms with Gasteiger partial charge in [-0.1, -0.05) is 12.1 Å². The number of rotatable bonds is 5. The molecule has 0 radical (unpaired) electrons. The summed E-state index contributed by atoms with van der Waals surface area (Å²) in [6.07, 6.45) is 1.25. The van der Waals surface area contributed by atoms with E-state index in [1.807, 2.05) is 0 Å². The Kier molecular flexibility index (Phi) is 4.72. The number of carbonyl (C=O) groups is 2. The van der Waals surface area contributed by atoms with E-state index >= 15 is 0 Å². The van der Waals surface area contributed by atoms with E-state index in [9.17, 15) is 18.0 Å². The molecule has 1 aromatic heterocycles. The van der Waals surface area contributed by atoms with E-state index in [4.69, 9.17) is 10.9 Å².